The summed E-state index contributed by atoms with van der Waals surface area (Å²) in [5.41, 5.74) is 3.57. The summed E-state index contributed by atoms with van der Waals surface area (Å²) < 4.78 is 0. The summed E-state index contributed by atoms with van der Waals surface area (Å²) in [5, 5.41) is 12.4. The second kappa shape index (κ2) is 7.23. The van der Waals surface area contributed by atoms with Gasteiger partial charge in [-0.25, -0.2) is 4.79 Å². The molecule has 3 heteroatoms. The van der Waals surface area contributed by atoms with E-state index in [1.54, 1.807) is 18.2 Å². The third kappa shape index (κ3) is 3.95. The summed E-state index contributed by atoms with van der Waals surface area (Å²) in [6, 6.07) is 15.9. The number of nitrogens with one attached hydrogen (secondary N) is 1. The first kappa shape index (κ1) is 16.2. The van der Waals surface area contributed by atoms with Crippen LogP contribution in [0.2, 0.25) is 0 Å². The molecule has 2 rings (SSSR count). The molecule has 0 saturated carbocycles. The Morgan fingerprint density at radius 3 is 2.32 bits per heavy atom. The number of carboxylic acids is 1. The van der Waals surface area contributed by atoms with Crippen molar-refractivity contribution in [3.05, 3.63) is 59.7 Å². The van der Waals surface area contributed by atoms with Gasteiger partial charge in [0.1, 0.15) is 0 Å². The quantitative estimate of drug-likeness (QED) is 0.851. The van der Waals surface area contributed by atoms with E-state index in [0.717, 1.165) is 17.5 Å². The van der Waals surface area contributed by atoms with Crippen molar-refractivity contribution in [1.29, 1.82) is 0 Å². The first-order chi connectivity index (χ1) is 10.5. The minimum Gasteiger partial charge on any atom is -0.478 e. The van der Waals surface area contributed by atoms with Crippen LogP contribution in [0.25, 0.3) is 11.1 Å². The summed E-state index contributed by atoms with van der Waals surface area (Å²) in [7, 11) is 2.00. The van der Waals surface area contributed by atoms with Gasteiger partial charge < -0.3 is 10.4 Å². The number of aromatic carboxylic acids is 1. The van der Waals surface area contributed by atoms with Gasteiger partial charge in [-0.05, 0) is 48.2 Å². The topological polar surface area (TPSA) is 49.3 Å². The van der Waals surface area contributed by atoms with Gasteiger partial charge >= 0.3 is 5.97 Å². The smallest absolute Gasteiger partial charge is 0.335 e. The van der Waals surface area contributed by atoms with Crippen LogP contribution in [0.1, 0.15) is 29.8 Å². The van der Waals surface area contributed by atoms with Crippen molar-refractivity contribution >= 4 is 5.97 Å². The Morgan fingerprint density at radius 1 is 1.09 bits per heavy atom. The highest BCUT2D eigenvalue weighted by Crippen LogP contribution is 2.22. The summed E-state index contributed by atoms with van der Waals surface area (Å²) in [6.45, 7) is 4.43. The van der Waals surface area contributed by atoms with E-state index in [4.69, 9.17) is 5.11 Å². The average Bonchev–Trinajstić information content (AvgIpc) is 2.53. The van der Waals surface area contributed by atoms with Gasteiger partial charge in [-0.3, -0.25) is 0 Å². The molecule has 0 fully saturated rings. The Morgan fingerprint density at radius 2 is 1.77 bits per heavy atom. The van der Waals surface area contributed by atoms with Gasteiger partial charge in [0.05, 0.1) is 5.56 Å². The van der Waals surface area contributed by atoms with Crippen LogP contribution in [0.5, 0.6) is 0 Å². The first-order valence-corrected chi connectivity index (χ1v) is 7.61. The number of likely N-dealkylation sites (N-methyl/N-ethyl adjacent to an activating group) is 1. The lowest BCUT2D eigenvalue weighted by molar-refractivity contribution is 0.0697. The van der Waals surface area contributed by atoms with Gasteiger partial charge in [-0.1, -0.05) is 50.2 Å². The Kier molecular flexibility index (Phi) is 5.34. The van der Waals surface area contributed by atoms with Gasteiger partial charge in [-0.2, -0.15) is 0 Å². The van der Waals surface area contributed by atoms with Crippen LogP contribution in [-0.2, 0) is 6.42 Å². The van der Waals surface area contributed by atoms with Gasteiger partial charge in [-0.15, -0.1) is 0 Å². The normalized spacial score (nSPS) is 12.4. The molecule has 116 valence electrons. The lowest BCUT2D eigenvalue weighted by atomic mass is 9.95. The van der Waals surface area contributed by atoms with Crippen molar-refractivity contribution in [2.45, 2.75) is 26.3 Å². The number of rotatable bonds is 6. The lowest BCUT2D eigenvalue weighted by Gasteiger charge is -2.20. The molecule has 22 heavy (non-hydrogen) atoms. The second-order valence-electron chi connectivity index (χ2n) is 5.93. The largest absolute Gasteiger partial charge is 0.478 e. The number of carboxylic acid groups (broad SMARTS) is 1. The second-order valence-corrected chi connectivity index (χ2v) is 5.93. The number of hydrogen-bond acceptors (Lipinski definition) is 2. The van der Waals surface area contributed by atoms with E-state index in [9.17, 15) is 4.79 Å². The van der Waals surface area contributed by atoms with Crippen molar-refractivity contribution in [2.24, 2.45) is 5.92 Å². The van der Waals surface area contributed by atoms with Crippen LogP contribution in [-0.4, -0.2) is 24.2 Å². The standard InChI is InChI=1S/C19H23NO2/c1-13(2)18(20-3)11-14-7-9-15(10-8-14)16-5-4-6-17(12-16)19(21)22/h4-10,12-13,18,20H,11H2,1-3H3,(H,21,22). The molecule has 2 aromatic rings. The number of hydrogen-bond donors (Lipinski definition) is 2. The average molecular weight is 297 g/mol. The molecule has 0 heterocycles. The molecule has 0 saturated heterocycles. The van der Waals surface area contributed by atoms with E-state index >= 15 is 0 Å². The van der Waals surface area contributed by atoms with Crippen molar-refractivity contribution in [3.63, 3.8) is 0 Å². The molecule has 0 aromatic heterocycles. The molecule has 3 nitrogen and oxygen atoms in total. The lowest BCUT2D eigenvalue weighted by Crippen LogP contribution is -2.32. The molecule has 0 aliphatic heterocycles. The molecule has 0 aliphatic carbocycles. The van der Waals surface area contributed by atoms with E-state index in [0.29, 0.717) is 17.5 Å². The van der Waals surface area contributed by atoms with Gasteiger partial charge in [0.15, 0.2) is 0 Å². The first-order valence-electron chi connectivity index (χ1n) is 7.61. The van der Waals surface area contributed by atoms with E-state index < -0.39 is 5.97 Å². The summed E-state index contributed by atoms with van der Waals surface area (Å²) >= 11 is 0. The van der Waals surface area contributed by atoms with Gasteiger partial charge in [0.2, 0.25) is 0 Å². The van der Waals surface area contributed by atoms with Crippen LogP contribution in [0.4, 0.5) is 0 Å². The molecular formula is C19H23NO2. The molecule has 1 atom stereocenters. The Balaban J connectivity index is 2.18. The van der Waals surface area contributed by atoms with Crippen molar-refractivity contribution in [1.82, 2.24) is 5.32 Å². The zero-order valence-electron chi connectivity index (χ0n) is 13.3. The van der Waals surface area contributed by atoms with Gasteiger partial charge in [0.25, 0.3) is 0 Å². The molecule has 2 aromatic carbocycles. The van der Waals surface area contributed by atoms with Gasteiger partial charge in [0, 0.05) is 6.04 Å². The monoisotopic (exact) mass is 297 g/mol. The minimum absolute atomic E-state index is 0.316. The summed E-state index contributed by atoms with van der Waals surface area (Å²) in [4.78, 5) is 11.0. The van der Waals surface area contributed by atoms with E-state index in [-0.39, 0.29) is 0 Å². The Labute approximate surface area is 132 Å². The Hall–Kier alpha value is -2.13. The maximum absolute atomic E-state index is 11.0. The molecule has 0 radical (unpaired) electrons. The highest BCUT2D eigenvalue weighted by atomic mass is 16.4. The van der Waals surface area contributed by atoms with Crippen molar-refractivity contribution in [3.8, 4) is 11.1 Å². The predicted octanol–water partition coefficient (Wildman–Crippen LogP) is 3.84. The van der Waals surface area contributed by atoms with E-state index in [1.807, 2.05) is 13.1 Å². The zero-order chi connectivity index (χ0) is 16.1. The van der Waals surface area contributed by atoms with Crippen LogP contribution in [0, 0.1) is 5.92 Å². The van der Waals surface area contributed by atoms with Crippen molar-refractivity contribution < 1.29 is 9.90 Å². The summed E-state index contributed by atoms with van der Waals surface area (Å²) in [6.07, 6.45) is 0.990. The molecule has 0 spiro atoms. The molecule has 0 amide bonds. The minimum atomic E-state index is -0.896. The number of benzene rings is 2. The molecule has 0 aliphatic rings. The fourth-order valence-electron chi connectivity index (χ4n) is 2.59. The van der Waals surface area contributed by atoms with Crippen molar-refractivity contribution in [2.75, 3.05) is 7.05 Å². The fourth-order valence-corrected chi connectivity index (χ4v) is 2.59. The maximum atomic E-state index is 11.0. The maximum Gasteiger partial charge on any atom is 0.335 e. The fraction of sp³-hybridized carbons (Fsp3) is 0.316. The number of carbonyl (C=O) groups is 1. The molecule has 2 N–H and O–H groups in total. The van der Waals surface area contributed by atoms with Crippen LogP contribution >= 0.6 is 0 Å². The Bertz CT molecular complexity index is 632. The highest BCUT2D eigenvalue weighted by molar-refractivity contribution is 5.89. The molecular weight excluding hydrogens is 274 g/mol. The van der Waals surface area contributed by atoms with Crippen LogP contribution in [0.15, 0.2) is 48.5 Å². The SMILES string of the molecule is CNC(Cc1ccc(-c2cccc(C(=O)O)c2)cc1)C(C)C. The molecule has 0 bridgehead atoms. The predicted molar refractivity (Wildman–Crippen MR) is 90.2 cm³/mol. The summed E-state index contributed by atoms with van der Waals surface area (Å²) in [5.74, 6) is -0.316. The highest BCUT2D eigenvalue weighted by Gasteiger charge is 2.11. The third-order valence-electron chi connectivity index (χ3n) is 4.03. The van der Waals surface area contributed by atoms with Crippen LogP contribution in [0.3, 0.4) is 0 Å². The third-order valence-corrected chi connectivity index (χ3v) is 4.03. The molecule has 1 unspecified atom stereocenters. The van der Waals surface area contributed by atoms with Crippen LogP contribution < -0.4 is 5.32 Å². The van der Waals surface area contributed by atoms with E-state index in [2.05, 4.69) is 43.4 Å². The zero-order valence-corrected chi connectivity index (χ0v) is 13.3. The van der Waals surface area contributed by atoms with E-state index in [1.165, 1.54) is 5.56 Å².